The molecule has 0 saturated carbocycles. The molecule has 18 heteroatoms. The van der Waals surface area contributed by atoms with Gasteiger partial charge in [0.05, 0.1) is 63.7 Å². The first kappa shape index (κ1) is 57.1. The molecule has 3 fully saturated rings. The van der Waals surface area contributed by atoms with E-state index in [0.717, 1.165) is 45.1 Å². The van der Waals surface area contributed by atoms with Gasteiger partial charge in [0.15, 0.2) is 0 Å². The van der Waals surface area contributed by atoms with Crippen LogP contribution in [-0.4, -0.2) is 243 Å². The smallest absolute Gasteiger partial charge is 0.0894 e. The second kappa shape index (κ2) is 43.8. The number of aliphatic hydroxyl groups excluding tert-OH is 5. The molecule has 0 aromatic carbocycles. The third-order valence-corrected chi connectivity index (χ3v) is 7.15. The van der Waals surface area contributed by atoms with Crippen LogP contribution in [0.2, 0.25) is 0 Å². The molecule has 0 aliphatic carbocycles. The molecule has 4 rings (SSSR count). The minimum atomic E-state index is -0.606. The number of β-amino-alcohol motifs (C(OH)–C–C–N with tert-alkyl or cyclic N) is 1. The Morgan fingerprint density at radius 2 is 1.50 bits per heavy atom. The van der Waals surface area contributed by atoms with Gasteiger partial charge in [0.2, 0.25) is 0 Å². The van der Waals surface area contributed by atoms with Gasteiger partial charge in [-0.3, -0.25) is 5.10 Å². The van der Waals surface area contributed by atoms with E-state index in [-0.39, 0.29) is 32.0 Å². The number of H-pyrrole nitrogens is 1. The second-order valence-electron chi connectivity index (χ2n) is 12.5. The minimum Gasteiger partial charge on any atom is -0.395 e. The molecule has 3 aliphatic rings. The van der Waals surface area contributed by atoms with E-state index in [1.807, 2.05) is 49.3 Å². The van der Waals surface area contributed by atoms with Crippen LogP contribution >= 0.6 is 0 Å². The number of aromatic nitrogens is 2. The molecular formula is C34H82N10O8. The number of methoxy groups -OCH3 is 1. The van der Waals surface area contributed by atoms with Crippen molar-refractivity contribution in [1.82, 2.24) is 45.9 Å². The highest BCUT2D eigenvalue weighted by Gasteiger charge is 2.18. The van der Waals surface area contributed by atoms with Gasteiger partial charge < -0.3 is 75.8 Å². The first-order chi connectivity index (χ1) is 24.7. The monoisotopic (exact) mass is 759 g/mol. The van der Waals surface area contributed by atoms with Crippen molar-refractivity contribution in [2.75, 3.05) is 169 Å². The lowest BCUT2D eigenvalue weighted by atomic mass is 10.1. The van der Waals surface area contributed by atoms with Crippen LogP contribution < -0.4 is 21.3 Å². The van der Waals surface area contributed by atoms with Gasteiger partial charge in [-0.15, -0.1) is 0 Å². The van der Waals surface area contributed by atoms with E-state index in [1.54, 1.807) is 45.8 Å². The zero-order chi connectivity index (χ0) is 40.6. The SMILES string of the molecule is CN1CC(O)C1.CN1CCC1.CNC(CO)CO.CNC1CCOCC1.CNCC(O)CO.CNc1cn[nH]c1.COCCN(C)C.CON(C)C. The Hall–Kier alpha value is -1.59. The van der Waals surface area contributed by atoms with E-state index in [4.69, 9.17) is 35.0 Å². The number of hydrogen-bond acceptors (Lipinski definition) is 17. The lowest BCUT2D eigenvalue weighted by Crippen LogP contribution is -2.47. The highest BCUT2D eigenvalue weighted by molar-refractivity contribution is 5.35. The van der Waals surface area contributed by atoms with Crippen molar-refractivity contribution in [3.05, 3.63) is 12.4 Å². The molecule has 1 atom stereocenters. The molecule has 4 heterocycles. The third kappa shape index (κ3) is 46.4. The topological polar surface area (TPSA) is 219 Å². The Morgan fingerprint density at radius 1 is 0.962 bits per heavy atom. The molecule has 3 aliphatic heterocycles. The van der Waals surface area contributed by atoms with Gasteiger partial charge in [0.25, 0.3) is 0 Å². The van der Waals surface area contributed by atoms with E-state index in [9.17, 15) is 0 Å². The summed E-state index contributed by atoms with van der Waals surface area (Å²) in [6.07, 6.45) is 6.64. The fourth-order valence-electron chi connectivity index (χ4n) is 3.33. The Bertz CT molecular complexity index is 741. The maximum Gasteiger partial charge on any atom is 0.0894 e. The minimum absolute atomic E-state index is 0.00694. The zero-order valence-corrected chi connectivity index (χ0v) is 34.8. The van der Waals surface area contributed by atoms with E-state index in [1.165, 1.54) is 32.4 Å². The molecule has 3 saturated heterocycles. The summed E-state index contributed by atoms with van der Waals surface area (Å²) < 4.78 is 9.97. The zero-order valence-electron chi connectivity index (χ0n) is 34.8. The number of aliphatic hydroxyl groups is 5. The highest BCUT2D eigenvalue weighted by atomic mass is 16.7. The molecule has 0 spiro atoms. The molecule has 316 valence electrons. The van der Waals surface area contributed by atoms with Crippen LogP contribution in [0.1, 0.15) is 19.3 Å². The Labute approximate surface area is 316 Å². The number of hydroxylamine groups is 2. The van der Waals surface area contributed by atoms with Gasteiger partial charge in [-0.1, -0.05) is 0 Å². The van der Waals surface area contributed by atoms with E-state index >= 15 is 0 Å². The number of hydrogen-bond donors (Lipinski definition) is 10. The maximum absolute atomic E-state index is 8.58. The lowest BCUT2D eigenvalue weighted by molar-refractivity contribution is -0.0855. The van der Waals surface area contributed by atoms with E-state index in [2.05, 4.69) is 58.0 Å². The van der Waals surface area contributed by atoms with Gasteiger partial charge >= 0.3 is 0 Å². The first-order valence-electron chi connectivity index (χ1n) is 17.9. The molecule has 0 amide bonds. The molecule has 1 aromatic rings. The summed E-state index contributed by atoms with van der Waals surface area (Å²) in [7, 11) is 22.5. The van der Waals surface area contributed by atoms with Crippen molar-refractivity contribution in [1.29, 1.82) is 0 Å². The third-order valence-electron chi connectivity index (χ3n) is 7.15. The number of likely N-dealkylation sites (tertiary alicyclic amines) is 2. The lowest BCUT2D eigenvalue weighted by Gasteiger charge is -2.31. The van der Waals surface area contributed by atoms with Crippen LogP contribution in [0.15, 0.2) is 12.4 Å². The summed E-state index contributed by atoms with van der Waals surface area (Å²) in [6, 6.07) is 0.559. The molecule has 52 heavy (non-hydrogen) atoms. The molecular weight excluding hydrogens is 676 g/mol. The summed E-state index contributed by atoms with van der Waals surface area (Å²) in [5, 5.41) is 61.5. The Kier molecular flexibility index (Phi) is 48.1. The normalized spacial score (nSPS) is 16.0. The van der Waals surface area contributed by atoms with Crippen molar-refractivity contribution >= 4 is 5.69 Å². The van der Waals surface area contributed by atoms with Crippen molar-refractivity contribution in [3.63, 3.8) is 0 Å². The molecule has 0 bridgehead atoms. The Balaban J connectivity index is -0.000000254. The van der Waals surface area contributed by atoms with Crippen molar-refractivity contribution in [3.8, 4) is 0 Å². The molecule has 18 nitrogen and oxygen atoms in total. The van der Waals surface area contributed by atoms with Crippen molar-refractivity contribution in [2.24, 2.45) is 0 Å². The standard InChI is InChI=1S/C6H13NO.C5H13NO.C4H7N3.2C4H11NO2.C4H9NO.C4H9N.C3H9NO/c1-7-6-2-4-8-5-3-6;1-6(2)4-5-7-3;1-5-4-2-6-7-3-4;1-5-4(2-6)3-7;1-5-2-4(7)3-6;1-5-2-4(6)3-5;1-5-3-2-4-5;1-4(2)5-3/h6-7H,2-5H2,1H3;4-5H2,1-3H3;2-3,5H,1H3,(H,6,7);2*4-7H,2-3H2,1H3;4,6H,2-3H2,1H3;2-4H2,1H3;1-3H3. The molecule has 1 aromatic heterocycles. The fourth-order valence-corrected chi connectivity index (χ4v) is 3.33. The number of nitrogens with one attached hydrogen (secondary N) is 5. The highest BCUT2D eigenvalue weighted by Crippen LogP contribution is 2.04. The number of nitrogens with zero attached hydrogens (tertiary/aromatic N) is 5. The predicted octanol–water partition coefficient (Wildman–Crippen LogP) is -2.13. The van der Waals surface area contributed by atoms with Gasteiger partial charge in [-0.25, -0.2) is 0 Å². The van der Waals surface area contributed by atoms with Crippen LogP contribution in [0.25, 0.3) is 0 Å². The van der Waals surface area contributed by atoms with Gasteiger partial charge in [-0.2, -0.15) is 10.2 Å². The average molecular weight is 759 g/mol. The number of ether oxygens (including phenoxy) is 2. The summed E-state index contributed by atoms with van der Waals surface area (Å²) in [5.74, 6) is 0. The Morgan fingerprint density at radius 3 is 1.63 bits per heavy atom. The van der Waals surface area contributed by atoms with Crippen LogP contribution in [0.4, 0.5) is 5.69 Å². The van der Waals surface area contributed by atoms with Crippen molar-refractivity contribution in [2.45, 2.75) is 43.6 Å². The number of aromatic amines is 1. The molecule has 10 N–H and O–H groups in total. The van der Waals surface area contributed by atoms with Crippen LogP contribution in [0, 0.1) is 0 Å². The maximum atomic E-state index is 8.58. The fraction of sp³-hybridized carbons (Fsp3) is 0.912. The van der Waals surface area contributed by atoms with Gasteiger partial charge in [0.1, 0.15) is 0 Å². The largest absolute Gasteiger partial charge is 0.395 e. The molecule has 1 unspecified atom stereocenters. The van der Waals surface area contributed by atoms with Gasteiger partial charge in [0, 0.05) is 79.9 Å². The second-order valence-corrected chi connectivity index (χ2v) is 12.5. The van der Waals surface area contributed by atoms with Crippen LogP contribution in [0.5, 0.6) is 0 Å². The van der Waals surface area contributed by atoms with Crippen LogP contribution in [-0.2, 0) is 14.3 Å². The number of rotatable bonds is 12. The van der Waals surface area contributed by atoms with Crippen molar-refractivity contribution < 1.29 is 39.8 Å². The number of likely N-dealkylation sites (N-methyl/N-ethyl adjacent to an activating group) is 4. The summed E-state index contributed by atoms with van der Waals surface area (Å²) in [6.45, 7) is 8.35. The summed E-state index contributed by atoms with van der Waals surface area (Å²) >= 11 is 0. The first-order valence-corrected chi connectivity index (χ1v) is 17.9. The average Bonchev–Trinajstić information content (AvgIpc) is 3.67. The number of anilines is 1. The van der Waals surface area contributed by atoms with E-state index in [0.29, 0.717) is 12.6 Å². The summed E-state index contributed by atoms with van der Waals surface area (Å²) in [5.41, 5.74) is 1.01. The quantitative estimate of drug-likeness (QED) is 0.103. The molecule has 0 radical (unpaired) electrons. The van der Waals surface area contributed by atoms with Crippen LogP contribution in [0.3, 0.4) is 0 Å². The van der Waals surface area contributed by atoms with Gasteiger partial charge in [-0.05, 0) is 81.7 Å². The summed E-state index contributed by atoms with van der Waals surface area (Å²) in [4.78, 5) is 11.0. The predicted molar refractivity (Wildman–Crippen MR) is 212 cm³/mol. The van der Waals surface area contributed by atoms with E-state index < -0.39 is 6.10 Å².